The monoisotopic (exact) mass is 345 g/mol. The second-order valence-electron chi connectivity index (χ2n) is 5.29. The Morgan fingerprint density at radius 2 is 2.14 bits per heavy atom. The molecule has 120 valence electrons. The van der Waals surface area contributed by atoms with Gasteiger partial charge in [0.1, 0.15) is 6.04 Å². The molecule has 2 N–H and O–H groups in total. The van der Waals surface area contributed by atoms with E-state index in [0.29, 0.717) is 28.8 Å². The van der Waals surface area contributed by atoms with Gasteiger partial charge in [-0.05, 0) is 30.5 Å². The van der Waals surface area contributed by atoms with Crippen molar-refractivity contribution in [3.63, 3.8) is 0 Å². The highest BCUT2D eigenvalue weighted by molar-refractivity contribution is 6.42. The molecule has 0 saturated carbocycles. The summed E-state index contributed by atoms with van der Waals surface area (Å²) in [5.74, 6) is -1.61. The molecule has 1 fully saturated rings. The molecule has 1 heterocycles. The third-order valence-corrected chi connectivity index (χ3v) is 4.34. The van der Waals surface area contributed by atoms with Crippen molar-refractivity contribution in [1.29, 1.82) is 0 Å². The van der Waals surface area contributed by atoms with Gasteiger partial charge in [0.05, 0.1) is 23.1 Å². The lowest BCUT2D eigenvalue weighted by Crippen LogP contribution is -2.48. The Hall–Kier alpha value is -1.30. The summed E-state index contributed by atoms with van der Waals surface area (Å²) in [4.78, 5) is 23.5. The predicted octanol–water partition coefficient (Wildman–Crippen LogP) is 2.53. The van der Waals surface area contributed by atoms with E-state index in [-0.39, 0.29) is 18.2 Å². The molecule has 2 atom stereocenters. The number of aliphatic carboxylic acids is 1. The van der Waals surface area contributed by atoms with Crippen molar-refractivity contribution in [2.75, 3.05) is 13.2 Å². The van der Waals surface area contributed by atoms with Crippen LogP contribution in [-0.2, 0) is 20.7 Å². The summed E-state index contributed by atoms with van der Waals surface area (Å²) in [6, 6.07) is 3.96. The highest BCUT2D eigenvalue weighted by Crippen LogP contribution is 2.23. The largest absolute Gasteiger partial charge is 0.480 e. The number of carboxylic acids is 1. The molecule has 0 bridgehead atoms. The van der Waals surface area contributed by atoms with Crippen molar-refractivity contribution in [2.24, 2.45) is 5.92 Å². The molecule has 0 aromatic heterocycles. The molecule has 1 aliphatic heterocycles. The van der Waals surface area contributed by atoms with Crippen LogP contribution in [0.4, 0.5) is 0 Å². The molecular formula is C15H17Cl2NO4. The van der Waals surface area contributed by atoms with Gasteiger partial charge in [-0.15, -0.1) is 0 Å². The van der Waals surface area contributed by atoms with Crippen LogP contribution >= 0.6 is 23.2 Å². The molecule has 1 saturated heterocycles. The fourth-order valence-electron chi connectivity index (χ4n) is 2.47. The zero-order valence-electron chi connectivity index (χ0n) is 11.9. The maximum atomic E-state index is 12.1. The van der Waals surface area contributed by atoms with Gasteiger partial charge in [0.15, 0.2) is 0 Å². The number of benzene rings is 1. The smallest absolute Gasteiger partial charge is 0.326 e. The van der Waals surface area contributed by atoms with Gasteiger partial charge in [0, 0.05) is 12.5 Å². The van der Waals surface area contributed by atoms with Gasteiger partial charge in [-0.1, -0.05) is 29.3 Å². The standard InChI is InChI=1S/C15H17Cl2NO4/c16-11-4-3-9(6-12(11)17)7-13(19)18-14(15(20)21)10-2-1-5-22-8-10/h3-4,6,10,14H,1-2,5,7-8H2,(H,18,19)(H,20,21). The average molecular weight is 346 g/mol. The highest BCUT2D eigenvalue weighted by Gasteiger charge is 2.31. The normalized spacial score (nSPS) is 19.5. The number of nitrogens with one attached hydrogen (secondary N) is 1. The fourth-order valence-corrected chi connectivity index (χ4v) is 2.79. The molecule has 7 heteroatoms. The molecule has 5 nitrogen and oxygen atoms in total. The molecule has 1 aromatic rings. The first-order valence-corrected chi connectivity index (χ1v) is 7.77. The minimum absolute atomic E-state index is 0.0498. The van der Waals surface area contributed by atoms with Crippen molar-refractivity contribution in [3.8, 4) is 0 Å². The van der Waals surface area contributed by atoms with Gasteiger partial charge in [0.2, 0.25) is 5.91 Å². The quantitative estimate of drug-likeness (QED) is 0.859. The summed E-state index contributed by atoms with van der Waals surface area (Å²) in [7, 11) is 0. The minimum Gasteiger partial charge on any atom is -0.480 e. The molecule has 2 rings (SSSR count). The number of hydrogen-bond donors (Lipinski definition) is 2. The highest BCUT2D eigenvalue weighted by atomic mass is 35.5. The minimum atomic E-state index is -1.04. The summed E-state index contributed by atoms with van der Waals surface area (Å²) in [6.45, 7) is 0.990. The van der Waals surface area contributed by atoms with Crippen molar-refractivity contribution in [3.05, 3.63) is 33.8 Å². The van der Waals surface area contributed by atoms with E-state index >= 15 is 0 Å². The molecule has 22 heavy (non-hydrogen) atoms. The van der Waals surface area contributed by atoms with Crippen LogP contribution in [0.1, 0.15) is 18.4 Å². The molecule has 0 spiro atoms. The van der Waals surface area contributed by atoms with Crippen LogP contribution in [0.2, 0.25) is 10.0 Å². The van der Waals surface area contributed by atoms with E-state index in [0.717, 1.165) is 12.8 Å². The summed E-state index contributed by atoms with van der Waals surface area (Å²) >= 11 is 11.7. The first-order chi connectivity index (χ1) is 10.5. The molecule has 0 aliphatic carbocycles. The number of carbonyl (C=O) groups is 2. The summed E-state index contributed by atoms with van der Waals surface area (Å²) in [5.41, 5.74) is 0.677. The maximum absolute atomic E-state index is 12.1. The third kappa shape index (κ3) is 4.60. The van der Waals surface area contributed by atoms with Crippen LogP contribution in [0.25, 0.3) is 0 Å². The number of carboxylic acid groups (broad SMARTS) is 1. The molecule has 1 aromatic carbocycles. The zero-order valence-corrected chi connectivity index (χ0v) is 13.4. The molecule has 0 radical (unpaired) electrons. The van der Waals surface area contributed by atoms with Crippen LogP contribution in [0.3, 0.4) is 0 Å². The van der Waals surface area contributed by atoms with Crippen LogP contribution < -0.4 is 5.32 Å². The Labute approximate surface area is 138 Å². The van der Waals surface area contributed by atoms with Crippen LogP contribution in [0, 0.1) is 5.92 Å². The lowest BCUT2D eigenvalue weighted by atomic mass is 9.93. The Bertz CT molecular complexity index is 558. The Kier molecular flexibility index (Phi) is 6.06. The Morgan fingerprint density at radius 3 is 2.73 bits per heavy atom. The second kappa shape index (κ2) is 7.81. The van der Waals surface area contributed by atoms with E-state index in [1.54, 1.807) is 18.2 Å². The van der Waals surface area contributed by atoms with Crippen LogP contribution in [0.5, 0.6) is 0 Å². The van der Waals surface area contributed by atoms with E-state index in [1.165, 1.54) is 0 Å². The number of carbonyl (C=O) groups excluding carboxylic acids is 1. The zero-order chi connectivity index (χ0) is 16.1. The Balaban J connectivity index is 1.98. The van der Waals surface area contributed by atoms with Gasteiger partial charge in [-0.3, -0.25) is 4.79 Å². The van der Waals surface area contributed by atoms with Crippen molar-refractivity contribution >= 4 is 35.1 Å². The first-order valence-electron chi connectivity index (χ1n) is 7.01. The van der Waals surface area contributed by atoms with E-state index in [2.05, 4.69) is 5.32 Å². The summed E-state index contributed by atoms with van der Waals surface area (Å²) in [6.07, 6.45) is 1.58. The summed E-state index contributed by atoms with van der Waals surface area (Å²) < 4.78 is 5.30. The molecule has 2 unspecified atom stereocenters. The molecular weight excluding hydrogens is 329 g/mol. The van der Waals surface area contributed by atoms with E-state index in [4.69, 9.17) is 27.9 Å². The second-order valence-corrected chi connectivity index (χ2v) is 6.10. The summed E-state index contributed by atoms with van der Waals surface area (Å²) in [5, 5.41) is 12.7. The predicted molar refractivity (Wildman–Crippen MR) is 83.3 cm³/mol. The molecule has 1 aliphatic rings. The SMILES string of the molecule is O=C(Cc1ccc(Cl)c(Cl)c1)NC(C(=O)O)C1CCCOC1. The van der Waals surface area contributed by atoms with Gasteiger partial charge in [-0.2, -0.15) is 0 Å². The van der Waals surface area contributed by atoms with E-state index < -0.39 is 12.0 Å². The lowest BCUT2D eigenvalue weighted by molar-refractivity contribution is -0.145. The first kappa shape index (κ1) is 17.1. The van der Waals surface area contributed by atoms with Crippen LogP contribution in [-0.4, -0.2) is 36.2 Å². The number of halogens is 2. The number of hydrogen-bond acceptors (Lipinski definition) is 3. The number of ether oxygens (including phenoxy) is 1. The molecule has 1 amide bonds. The topological polar surface area (TPSA) is 75.6 Å². The number of amides is 1. The van der Waals surface area contributed by atoms with Gasteiger partial charge in [0.25, 0.3) is 0 Å². The lowest BCUT2D eigenvalue weighted by Gasteiger charge is -2.28. The van der Waals surface area contributed by atoms with Crippen molar-refractivity contribution in [2.45, 2.75) is 25.3 Å². The van der Waals surface area contributed by atoms with Gasteiger partial charge >= 0.3 is 5.97 Å². The number of rotatable bonds is 5. The van der Waals surface area contributed by atoms with Crippen LogP contribution in [0.15, 0.2) is 18.2 Å². The third-order valence-electron chi connectivity index (χ3n) is 3.60. The van der Waals surface area contributed by atoms with E-state index in [9.17, 15) is 14.7 Å². The maximum Gasteiger partial charge on any atom is 0.326 e. The van der Waals surface area contributed by atoms with Crippen molar-refractivity contribution in [1.82, 2.24) is 5.32 Å². The van der Waals surface area contributed by atoms with E-state index in [1.807, 2.05) is 0 Å². The fraction of sp³-hybridized carbons (Fsp3) is 0.467. The van der Waals surface area contributed by atoms with Crippen molar-refractivity contribution < 1.29 is 19.4 Å². The Morgan fingerprint density at radius 1 is 1.36 bits per heavy atom. The van der Waals surface area contributed by atoms with Gasteiger partial charge in [-0.25, -0.2) is 4.79 Å². The average Bonchev–Trinajstić information content (AvgIpc) is 2.49. The van der Waals surface area contributed by atoms with Gasteiger partial charge < -0.3 is 15.2 Å².